The minimum absolute atomic E-state index is 0.170. The molecule has 0 N–H and O–H groups in total. The Morgan fingerprint density at radius 3 is 2.70 bits per heavy atom. The second-order valence-electron chi connectivity index (χ2n) is 6.61. The van der Waals surface area contributed by atoms with Gasteiger partial charge in [0.2, 0.25) is 0 Å². The maximum atomic E-state index is 13.2. The van der Waals surface area contributed by atoms with Gasteiger partial charge in [0.25, 0.3) is 12.0 Å². The van der Waals surface area contributed by atoms with Crippen molar-refractivity contribution >= 4 is 10.9 Å². The predicted molar refractivity (Wildman–Crippen MR) is 95.6 cm³/mol. The minimum atomic E-state index is -2.62. The van der Waals surface area contributed by atoms with E-state index in [1.807, 2.05) is 0 Å². The van der Waals surface area contributed by atoms with Gasteiger partial charge in [-0.15, -0.1) is 0 Å². The summed E-state index contributed by atoms with van der Waals surface area (Å²) in [5.41, 5.74) is 0.139. The number of para-hydroxylation sites is 1. The fraction of sp³-hybridized carbons (Fsp3) is 0.444. The van der Waals surface area contributed by atoms with Crippen LogP contribution in [0.5, 0.6) is 0 Å². The Labute approximate surface area is 154 Å². The molecule has 0 spiro atoms. The van der Waals surface area contributed by atoms with Gasteiger partial charge in [-0.05, 0) is 31.5 Å². The fourth-order valence-corrected chi connectivity index (χ4v) is 3.72. The van der Waals surface area contributed by atoms with Crippen LogP contribution in [-0.4, -0.2) is 49.0 Å². The molecule has 4 rings (SSSR count). The van der Waals surface area contributed by atoms with Crippen LogP contribution in [0.15, 0.2) is 41.5 Å². The molecule has 0 amide bonds. The zero-order valence-electron chi connectivity index (χ0n) is 14.7. The lowest BCUT2D eigenvalue weighted by Gasteiger charge is -2.26. The van der Waals surface area contributed by atoms with E-state index in [9.17, 15) is 13.6 Å². The first-order valence-corrected chi connectivity index (χ1v) is 8.99. The predicted octanol–water partition coefficient (Wildman–Crippen LogP) is 2.09. The smallest absolute Gasteiger partial charge is 0.261 e. The van der Waals surface area contributed by atoms with Gasteiger partial charge >= 0.3 is 0 Å². The van der Waals surface area contributed by atoms with Gasteiger partial charge in [-0.25, -0.2) is 13.8 Å². The molecule has 0 aliphatic carbocycles. The van der Waals surface area contributed by atoms with Crippen LogP contribution < -0.4 is 5.56 Å². The quantitative estimate of drug-likeness (QED) is 0.661. The molecule has 2 aromatic heterocycles. The van der Waals surface area contributed by atoms with Gasteiger partial charge in [0.15, 0.2) is 0 Å². The summed E-state index contributed by atoms with van der Waals surface area (Å²) in [6, 6.07) is 6.73. The second-order valence-corrected chi connectivity index (χ2v) is 6.61. The first-order chi connectivity index (χ1) is 13.1. The third kappa shape index (κ3) is 3.59. The molecular weight excluding hydrogens is 354 g/mol. The van der Waals surface area contributed by atoms with E-state index in [0.717, 1.165) is 24.0 Å². The van der Waals surface area contributed by atoms with E-state index in [1.54, 1.807) is 41.5 Å². The summed E-state index contributed by atoms with van der Waals surface area (Å²) in [5.74, 6) is 0.421. The number of likely N-dealkylation sites (tertiary alicyclic amines) is 1. The Morgan fingerprint density at radius 2 is 1.93 bits per heavy atom. The Balaban J connectivity index is 1.71. The normalized spacial score (nSPS) is 18.0. The molecule has 27 heavy (non-hydrogen) atoms. The molecule has 3 aromatic rings. The summed E-state index contributed by atoms with van der Waals surface area (Å²) < 4.78 is 27.5. The highest BCUT2D eigenvalue weighted by Gasteiger charge is 2.30. The summed E-state index contributed by atoms with van der Waals surface area (Å²) in [7, 11) is 0. The number of nitrogens with zero attached hydrogens (tertiary/aromatic N) is 6. The monoisotopic (exact) mass is 374 g/mol. The Kier molecular flexibility index (Phi) is 4.93. The van der Waals surface area contributed by atoms with Crippen molar-refractivity contribution in [2.24, 2.45) is 0 Å². The maximum Gasteiger partial charge on any atom is 0.261 e. The number of halogens is 2. The van der Waals surface area contributed by atoms with E-state index in [4.69, 9.17) is 0 Å². The lowest BCUT2D eigenvalue weighted by atomic mass is 10.1. The molecule has 1 saturated heterocycles. The van der Waals surface area contributed by atoms with Gasteiger partial charge in [-0.3, -0.25) is 14.3 Å². The first kappa shape index (κ1) is 17.7. The van der Waals surface area contributed by atoms with Crippen molar-refractivity contribution in [3.05, 3.63) is 52.8 Å². The van der Waals surface area contributed by atoms with Crippen LogP contribution in [0.2, 0.25) is 0 Å². The lowest BCUT2D eigenvalue weighted by Crippen LogP contribution is -2.35. The highest BCUT2D eigenvalue weighted by Crippen LogP contribution is 2.31. The molecule has 1 fully saturated rings. The number of fused-ring (bicyclic) bond motifs is 1. The second kappa shape index (κ2) is 7.51. The van der Waals surface area contributed by atoms with E-state index < -0.39 is 18.5 Å². The number of hydrogen-bond acceptors (Lipinski definition) is 5. The summed E-state index contributed by atoms with van der Waals surface area (Å²) >= 11 is 0. The van der Waals surface area contributed by atoms with E-state index in [0.29, 0.717) is 29.8 Å². The van der Waals surface area contributed by atoms with Crippen molar-refractivity contribution in [3.8, 4) is 0 Å². The average molecular weight is 374 g/mol. The van der Waals surface area contributed by atoms with Gasteiger partial charge in [0, 0.05) is 6.54 Å². The van der Waals surface area contributed by atoms with Gasteiger partial charge in [-0.2, -0.15) is 15.0 Å². The van der Waals surface area contributed by atoms with E-state index in [-0.39, 0.29) is 6.04 Å². The molecule has 0 bridgehead atoms. The zero-order chi connectivity index (χ0) is 18.8. The van der Waals surface area contributed by atoms with Crippen molar-refractivity contribution in [3.63, 3.8) is 0 Å². The van der Waals surface area contributed by atoms with Crippen molar-refractivity contribution in [1.29, 1.82) is 0 Å². The molecule has 1 atom stereocenters. The topological polar surface area (TPSA) is 68.8 Å². The number of aromatic nitrogens is 5. The third-order valence-electron chi connectivity index (χ3n) is 4.93. The number of rotatable bonds is 6. The van der Waals surface area contributed by atoms with Gasteiger partial charge < -0.3 is 0 Å². The Hall–Kier alpha value is -2.68. The van der Waals surface area contributed by atoms with Crippen LogP contribution in [0.3, 0.4) is 0 Å². The van der Waals surface area contributed by atoms with Crippen molar-refractivity contribution < 1.29 is 8.78 Å². The largest absolute Gasteiger partial charge is 0.292 e. The summed E-state index contributed by atoms with van der Waals surface area (Å²) in [6.45, 7) is 1.44. The third-order valence-corrected chi connectivity index (χ3v) is 4.93. The molecule has 1 aliphatic rings. The fourth-order valence-electron chi connectivity index (χ4n) is 3.72. The molecule has 7 nitrogen and oxygen atoms in total. The van der Waals surface area contributed by atoms with Crippen molar-refractivity contribution in [1.82, 2.24) is 29.4 Å². The molecule has 1 aromatic carbocycles. The Bertz CT molecular complexity index is 972. The minimum Gasteiger partial charge on any atom is -0.292 e. The van der Waals surface area contributed by atoms with Crippen LogP contribution in [0.25, 0.3) is 10.9 Å². The number of alkyl halides is 2. The standard InChI is InChI=1S/C18H20F2N6O/c19-16(20)12-25-17(23-14-5-2-1-4-13(14)18(25)27)15-6-3-9-24(15)10-11-26-21-7-8-22-26/h1-2,4-5,7-8,15-16H,3,6,9-12H2. The summed E-state index contributed by atoms with van der Waals surface area (Å²) in [6.07, 6.45) is 2.32. The highest BCUT2D eigenvalue weighted by molar-refractivity contribution is 5.77. The summed E-state index contributed by atoms with van der Waals surface area (Å²) in [4.78, 5) is 21.2. The molecule has 0 saturated carbocycles. The highest BCUT2D eigenvalue weighted by atomic mass is 19.3. The lowest BCUT2D eigenvalue weighted by molar-refractivity contribution is 0.120. The average Bonchev–Trinajstić information content (AvgIpc) is 3.33. The van der Waals surface area contributed by atoms with Gasteiger partial charge in [0.1, 0.15) is 5.82 Å². The van der Waals surface area contributed by atoms with Gasteiger partial charge in [-0.1, -0.05) is 12.1 Å². The van der Waals surface area contributed by atoms with Crippen LogP contribution in [0, 0.1) is 0 Å². The van der Waals surface area contributed by atoms with E-state index >= 15 is 0 Å². The van der Waals surface area contributed by atoms with Crippen LogP contribution >= 0.6 is 0 Å². The zero-order valence-corrected chi connectivity index (χ0v) is 14.7. The molecule has 0 radical (unpaired) electrons. The van der Waals surface area contributed by atoms with Crippen molar-refractivity contribution in [2.75, 3.05) is 13.1 Å². The van der Waals surface area contributed by atoms with E-state index in [1.165, 1.54) is 0 Å². The molecule has 9 heteroatoms. The van der Waals surface area contributed by atoms with Crippen molar-refractivity contribution in [2.45, 2.75) is 38.4 Å². The first-order valence-electron chi connectivity index (χ1n) is 8.99. The molecule has 1 aliphatic heterocycles. The molecular formula is C18H20F2N6O. The SMILES string of the molecule is O=c1c2ccccc2nc(C2CCCN2CCn2nccn2)n1CC(F)F. The van der Waals surface area contributed by atoms with E-state index in [2.05, 4.69) is 20.1 Å². The maximum absolute atomic E-state index is 13.2. The molecule has 1 unspecified atom stereocenters. The molecule has 142 valence electrons. The number of benzene rings is 1. The van der Waals surface area contributed by atoms with Gasteiger partial charge in [0.05, 0.1) is 42.4 Å². The van der Waals surface area contributed by atoms with Crippen LogP contribution in [0.4, 0.5) is 8.78 Å². The Morgan fingerprint density at radius 1 is 1.15 bits per heavy atom. The molecule has 3 heterocycles. The summed E-state index contributed by atoms with van der Waals surface area (Å²) in [5, 5.41) is 8.56. The van der Waals surface area contributed by atoms with Crippen LogP contribution in [0.1, 0.15) is 24.7 Å². The number of hydrogen-bond donors (Lipinski definition) is 0. The van der Waals surface area contributed by atoms with Crippen LogP contribution in [-0.2, 0) is 13.1 Å².